The summed E-state index contributed by atoms with van der Waals surface area (Å²) in [6.45, 7) is 1.88. The van der Waals surface area contributed by atoms with Crippen molar-refractivity contribution < 1.29 is 5.32 Å². The third-order valence-corrected chi connectivity index (χ3v) is 3.51. The van der Waals surface area contributed by atoms with E-state index in [4.69, 9.17) is 11.6 Å². The highest BCUT2D eigenvalue weighted by atomic mass is 79.9. The highest BCUT2D eigenvalue weighted by molar-refractivity contribution is 9.10. The first-order valence-electron chi connectivity index (χ1n) is 5.55. The van der Waals surface area contributed by atoms with E-state index in [1.807, 2.05) is 18.2 Å². The van der Waals surface area contributed by atoms with Gasteiger partial charge in [0.1, 0.15) is 13.1 Å². The molecule has 17 heavy (non-hydrogen) atoms. The molecule has 2 rings (SSSR count). The molecule has 0 aliphatic heterocycles. The molecule has 0 bridgehead atoms. The Kier molecular flexibility index (Phi) is 4.60. The SMILES string of the molecule is Clc1ccccc1C[NH2+]Cc1ccc(Br)cc1. The van der Waals surface area contributed by atoms with Gasteiger partial charge >= 0.3 is 0 Å². The van der Waals surface area contributed by atoms with Crippen LogP contribution in [0.4, 0.5) is 0 Å². The third-order valence-electron chi connectivity index (χ3n) is 2.62. The fourth-order valence-electron chi connectivity index (χ4n) is 1.68. The van der Waals surface area contributed by atoms with E-state index in [1.54, 1.807) is 0 Å². The average Bonchev–Trinajstić information content (AvgIpc) is 2.34. The summed E-state index contributed by atoms with van der Waals surface area (Å²) in [4.78, 5) is 0. The quantitative estimate of drug-likeness (QED) is 0.891. The topological polar surface area (TPSA) is 16.6 Å². The van der Waals surface area contributed by atoms with Crippen molar-refractivity contribution in [1.82, 2.24) is 0 Å². The van der Waals surface area contributed by atoms with Crippen LogP contribution in [0.2, 0.25) is 5.02 Å². The lowest BCUT2D eigenvalue weighted by molar-refractivity contribution is -0.686. The van der Waals surface area contributed by atoms with Crippen molar-refractivity contribution in [3.8, 4) is 0 Å². The van der Waals surface area contributed by atoms with Crippen LogP contribution in [0.15, 0.2) is 53.0 Å². The second-order valence-corrected chi connectivity index (χ2v) is 5.24. The minimum Gasteiger partial charge on any atom is -0.339 e. The Morgan fingerprint density at radius 1 is 0.941 bits per heavy atom. The maximum Gasteiger partial charge on any atom is 0.103 e. The van der Waals surface area contributed by atoms with E-state index < -0.39 is 0 Å². The molecule has 88 valence electrons. The van der Waals surface area contributed by atoms with Gasteiger partial charge in [-0.15, -0.1) is 0 Å². The molecule has 0 aliphatic carbocycles. The van der Waals surface area contributed by atoms with E-state index in [-0.39, 0.29) is 0 Å². The first kappa shape index (κ1) is 12.6. The van der Waals surface area contributed by atoms with Gasteiger partial charge in [-0.25, -0.2) is 0 Å². The van der Waals surface area contributed by atoms with Crippen molar-refractivity contribution in [3.05, 3.63) is 69.2 Å². The zero-order valence-electron chi connectivity index (χ0n) is 9.37. The molecule has 0 fully saturated rings. The lowest BCUT2D eigenvalue weighted by atomic mass is 10.2. The summed E-state index contributed by atoms with van der Waals surface area (Å²) in [5, 5.41) is 3.10. The van der Waals surface area contributed by atoms with Gasteiger partial charge < -0.3 is 5.32 Å². The second kappa shape index (κ2) is 6.20. The van der Waals surface area contributed by atoms with Crippen LogP contribution in [-0.2, 0) is 13.1 Å². The van der Waals surface area contributed by atoms with Gasteiger partial charge in [-0.3, -0.25) is 0 Å². The average molecular weight is 312 g/mol. The van der Waals surface area contributed by atoms with Gasteiger partial charge in [0.05, 0.1) is 0 Å². The van der Waals surface area contributed by atoms with Crippen LogP contribution in [-0.4, -0.2) is 0 Å². The Morgan fingerprint density at radius 2 is 1.65 bits per heavy atom. The van der Waals surface area contributed by atoms with Crippen LogP contribution < -0.4 is 5.32 Å². The van der Waals surface area contributed by atoms with E-state index in [2.05, 4.69) is 51.6 Å². The predicted octanol–water partition coefficient (Wildman–Crippen LogP) is 3.37. The van der Waals surface area contributed by atoms with Gasteiger partial charge in [-0.2, -0.15) is 0 Å². The number of quaternary nitrogens is 1. The molecule has 2 N–H and O–H groups in total. The van der Waals surface area contributed by atoms with Gasteiger partial charge in [-0.1, -0.05) is 57.9 Å². The molecule has 0 atom stereocenters. The monoisotopic (exact) mass is 310 g/mol. The first-order valence-corrected chi connectivity index (χ1v) is 6.72. The number of benzene rings is 2. The van der Waals surface area contributed by atoms with Gasteiger partial charge in [0, 0.05) is 20.6 Å². The van der Waals surface area contributed by atoms with Gasteiger partial charge in [0.2, 0.25) is 0 Å². The molecule has 0 aliphatic rings. The van der Waals surface area contributed by atoms with Gasteiger partial charge in [-0.05, 0) is 18.2 Å². The van der Waals surface area contributed by atoms with Crippen molar-refractivity contribution in [1.29, 1.82) is 0 Å². The maximum absolute atomic E-state index is 6.10. The van der Waals surface area contributed by atoms with Crippen LogP contribution in [0.25, 0.3) is 0 Å². The maximum atomic E-state index is 6.10. The van der Waals surface area contributed by atoms with Crippen LogP contribution in [0.3, 0.4) is 0 Å². The summed E-state index contributed by atoms with van der Waals surface area (Å²) in [5.74, 6) is 0. The van der Waals surface area contributed by atoms with E-state index >= 15 is 0 Å². The van der Waals surface area contributed by atoms with Gasteiger partial charge in [0.25, 0.3) is 0 Å². The predicted molar refractivity (Wildman–Crippen MR) is 74.9 cm³/mol. The Balaban J connectivity index is 1.88. The summed E-state index contributed by atoms with van der Waals surface area (Å²) in [7, 11) is 0. The number of nitrogens with two attached hydrogens (primary N) is 1. The second-order valence-electron chi connectivity index (χ2n) is 3.91. The number of hydrogen-bond donors (Lipinski definition) is 1. The summed E-state index contributed by atoms with van der Waals surface area (Å²) in [6.07, 6.45) is 0. The highest BCUT2D eigenvalue weighted by Gasteiger charge is 2.01. The van der Waals surface area contributed by atoms with E-state index in [0.29, 0.717) is 0 Å². The fraction of sp³-hybridized carbons (Fsp3) is 0.143. The molecule has 0 radical (unpaired) electrons. The fourth-order valence-corrected chi connectivity index (χ4v) is 2.16. The number of rotatable bonds is 4. The molecule has 0 saturated heterocycles. The van der Waals surface area contributed by atoms with Crippen LogP contribution in [0.1, 0.15) is 11.1 Å². The molecular weight excluding hydrogens is 298 g/mol. The largest absolute Gasteiger partial charge is 0.339 e. The van der Waals surface area contributed by atoms with Crippen LogP contribution in [0, 0.1) is 0 Å². The molecule has 1 nitrogen and oxygen atoms in total. The third kappa shape index (κ3) is 3.84. The first-order chi connectivity index (χ1) is 8.25. The molecule has 2 aromatic rings. The van der Waals surface area contributed by atoms with Crippen molar-refractivity contribution in [2.75, 3.05) is 0 Å². The lowest BCUT2D eigenvalue weighted by Crippen LogP contribution is -2.80. The number of halogens is 2. The Labute approximate surface area is 115 Å². The molecule has 0 spiro atoms. The molecule has 2 aromatic carbocycles. The standard InChI is InChI=1S/C14H13BrClN/c15-13-7-5-11(6-8-13)9-17-10-12-3-1-2-4-14(12)16/h1-8,17H,9-10H2/p+1. The Hall–Kier alpha value is -0.830. The van der Waals surface area contributed by atoms with E-state index in [1.165, 1.54) is 11.1 Å². The minimum atomic E-state index is 0.847. The van der Waals surface area contributed by atoms with E-state index in [0.717, 1.165) is 22.6 Å². The molecule has 3 heteroatoms. The smallest absolute Gasteiger partial charge is 0.103 e. The Bertz CT molecular complexity index is 482. The van der Waals surface area contributed by atoms with Crippen molar-refractivity contribution in [2.24, 2.45) is 0 Å². The molecule has 0 unspecified atom stereocenters. The van der Waals surface area contributed by atoms with Crippen molar-refractivity contribution in [2.45, 2.75) is 13.1 Å². The van der Waals surface area contributed by atoms with E-state index in [9.17, 15) is 0 Å². The van der Waals surface area contributed by atoms with Gasteiger partial charge in [0.15, 0.2) is 0 Å². The lowest BCUT2D eigenvalue weighted by Gasteiger charge is -2.04. The molecule has 0 aromatic heterocycles. The molecular formula is C14H14BrClN+. The van der Waals surface area contributed by atoms with Crippen LogP contribution in [0.5, 0.6) is 0 Å². The summed E-state index contributed by atoms with van der Waals surface area (Å²) < 4.78 is 1.12. The van der Waals surface area contributed by atoms with Crippen molar-refractivity contribution in [3.63, 3.8) is 0 Å². The summed E-state index contributed by atoms with van der Waals surface area (Å²) in [6, 6.07) is 16.4. The number of hydrogen-bond acceptors (Lipinski definition) is 0. The van der Waals surface area contributed by atoms with Crippen LogP contribution >= 0.6 is 27.5 Å². The summed E-state index contributed by atoms with van der Waals surface area (Å²) >= 11 is 9.53. The highest BCUT2D eigenvalue weighted by Crippen LogP contribution is 2.13. The zero-order chi connectivity index (χ0) is 12.1. The minimum absolute atomic E-state index is 0.847. The molecule has 0 saturated carbocycles. The summed E-state index contributed by atoms with van der Waals surface area (Å²) in [5.41, 5.74) is 2.51. The zero-order valence-corrected chi connectivity index (χ0v) is 11.7. The normalized spacial score (nSPS) is 10.5. The van der Waals surface area contributed by atoms with Crippen molar-refractivity contribution >= 4 is 27.5 Å². The Morgan fingerprint density at radius 3 is 2.35 bits per heavy atom. The molecule has 0 amide bonds. The molecule has 0 heterocycles.